The van der Waals surface area contributed by atoms with Gasteiger partial charge in [0.2, 0.25) is 0 Å². The van der Waals surface area contributed by atoms with Crippen molar-refractivity contribution < 1.29 is 13.9 Å². The molecular formula is C13H20FNO2. The van der Waals surface area contributed by atoms with Crippen molar-refractivity contribution in [3.8, 4) is 11.6 Å². The van der Waals surface area contributed by atoms with Crippen LogP contribution in [-0.4, -0.2) is 24.4 Å². The molecular weight excluding hydrogens is 221 g/mol. The van der Waals surface area contributed by atoms with Gasteiger partial charge in [-0.2, -0.15) is 0 Å². The van der Waals surface area contributed by atoms with Crippen molar-refractivity contribution in [3.63, 3.8) is 0 Å². The zero-order valence-electron chi connectivity index (χ0n) is 11.1. The third-order valence-corrected chi connectivity index (χ3v) is 2.20. The summed E-state index contributed by atoms with van der Waals surface area (Å²) in [5, 5.41) is 0. The lowest BCUT2D eigenvalue weighted by Crippen LogP contribution is -2.22. The molecule has 0 aliphatic rings. The number of halogens is 1. The summed E-state index contributed by atoms with van der Waals surface area (Å²) in [5.41, 5.74) is -0.449. The van der Waals surface area contributed by atoms with Crippen LogP contribution in [0.25, 0.3) is 0 Å². The van der Waals surface area contributed by atoms with Gasteiger partial charge < -0.3 is 9.47 Å². The molecule has 1 heterocycles. The van der Waals surface area contributed by atoms with Gasteiger partial charge in [-0.25, -0.2) is 9.37 Å². The van der Waals surface area contributed by atoms with E-state index in [2.05, 4.69) is 4.98 Å². The normalized spacial score (nSPS) is 11.7. The molecule has 0 atom stereocenters. The summed E-state index contributed by atoms with van der Waals surface area (Å²) in [6, 6.07) is 3.64. The number of hydrogen-bond donors (Lipinski definition) is 0. The van der Waals surface area contributed by atoms with Crippen LogP contribution in [0.15, 0.2) is 12.1 Å². The molecule has 0 spiro atoms. The van der Waals surface area contributed by atoms with E-state index in [4.69, 9.17) is 9.47 Å². The number of nitrogens with zero attached hydrogens (tertiary/aromatic N) is 1. The highest BCUT2D eigenvalue weighted by Crippen LogP contribution is 2.28. The molecule has 0 aromatic carbocycles. The Bertz CT molecular complexity index is 372. The third kappa shape index (κ3) is 4.21. The summed E-state index contributed by atoms with van der Waals surface area (Å²) in [7, 11) is 1.53. The molecule has 0 aliphatic carbocycles. The molecule has 0 saturated carbocycles. The van der Waals surface area contributed by atoms with Crippen LogP contribution in [0.3, 0.4) is 0 Å². The fourth-order valence-electron chi connectivity index (χ4n) is 1.27. The fraction of sp³-hybridized carbons (Fsp3) is 0.615. The molecule has 0 unspecified atom stereocenters. The summed E-state index contributed by atoms with van der Waals surface area (Å²) in [4.78, 5) is 4.32. The second kappa shape index (κ2) is 5.34. The minimum atomic E-state index is -1.37. The number of ether oxygens (including phenoxy) is 2. The molecule has 0 radical (unpaired) electrons. The fourth-order valence-corrected chi connectivity index (χ4v) is 1.27. The molecule has 0 bridgehead atoms. The van der Waals surface area contributed by atoms with Gasteiger partial charge in [0.1, 0.15) is 12.3 Å². The summed E-state index contributed by atoms with van der Waals surface area (Å²) in [6.45, 7) is 7.01. The Morgan fingerprint density at radius 3 is 2.47 bits per heavy atom. The van der Waals surface area contributed by atoms with E-state index in [1.54, 1.807) is 6.07 Å². The van der Waals surface area contributed by atoms with Gasteiger partial charge in [0.25, 0.3) is 5.88 Å². The van der Waals surface area contributed by atoms with Crippen LogP contribution in [-0.2, 0) is 0 Å². The molecule has 1 rings (SSSR count). The minimum Gasteiger partial charge on any atom is -0.485 e. The van der Waals surface area contributed by atoms with Crippen molar-refractivity contribution in [3.05, 3.63) is 17.8 Å². The van der Waals surface area contributed by atoms with Gasteiger partial charge in [-0.15, -0.1) is 0 Å². The van der Waals surface area contributed by atoms with Gasteiger partial charge >= 0.3 is 0 Å². The topological polar surface area (TPSA) is 31.4 Å². The zero-order valence-corrected chi connectivity index (χ0v) is 11.1. The molecule has 1 aromatic rings. The second-order valence-electron chi connectivity index (χ2n) is 4.91. The van der Waals surface area contributed by atoms with Crippen LogP contribution >= 0.6 is 0 Å². The molecule has 0 aliphatic heterocycles. The molecule has 0 amide bonds. The molecule has 0 fully saturated rings. The van der Waals surface area contributed by atoms with Crippen LogP contribution in [0.1, 0.15) is 39.3 Å². The first-order valence-corrected chi connectivity index (χ1v) is 5.70. The number of aromatic nitrogens is 1. The highest BCUT2D eigenvalue weighted by Gasteiger charge is 2.18. The van der Waals surface area contributed by atoms with Crippen LogP contribution in [0.4, 0.5) is 4.39 Å². The number of pyridine rings is 1. The highest BCUT2D eigenvalue weighted by molar-refractivity contribution is 5.35. The molecule has 4 heteroatoms. The Hall–Kier alpha value is -1.32. The smallest absolute Gasteiger partial charge is 0.256 e. The summed E-state index contributed by atoms with van der Waals surface area (Å²) < 4.78 is 23.8. The summed E-state index contributed by atoms with van der Waals surface area (Å²) in [5.74, 6) is 1.19. The van der Waals surface area contributed by atoms with E-state index in [0.29, 0.717) is 17.5 Å². The largest absolute Gasteiger partial charge is 0.485 e. The third-order valence-electron chi connectivity index (χ3n) is 2.20. The maximum absolute atomic E-state index is 13.3. The Morgan fingerprint density at radius 2 is 2.00 bits per heavy atom. The van der Waals surface area contributed by atoms with Gasteiger partial charge in [-0.1, -0.05) is 13.8 Å². The van der Waals surface area contributed by atoms with E-state index in [1.807, 2.05) is 19.9 Å². The second-order valence-corrected chi connectivity index (χ2v) is 4.91. The van der Waals surface area contributed by atoms with Gasteiger partial charge in [0.15, 0.2) is 5.75 Å². The molecule has 17 heavy (non-hydrogen) atoms. The van der Waals surface area contributed by atoms with Crippen molar-refractivity contribution >= 4 is 0 Å². The maximum Gasteiger partial charge on any atom is 0.256 e. The number of methoxy groups -OCH3 is 1. The lowest BCUT2D eigenvalue weighted by atomic mass is 10.1. The Balaban J connectivity index is 2.86. The standard InChI is InChI=1S/C13H20FNO2/c1-9(2)10-6-7-11(12(15-10)16-5)17-8-13(3,4)14/h6-7,9H,8H2,1-5H3. The average Bonchev–Trinajstić information content (AvgIpc) is 2.24. The van der Waals surface area contributed by atoms with Crippen molar-refractivity contribution in [1.82, 2.24) is 4.98 Å². The molecule has 0 N–H and O–H groups in total. The van der Waals surface area contributed by atoms with Gasteiger partial charge in [0, 0.05) is 5.69 Å². The lowest BCUT2D eigenvalue weighted by molar-refractivity contribution is 0.117. The highest BCUT2D eigenvalue weighted by atomic mass is 19.1. The van der Waals surface area contributed by atoms with Crippen molar-refractivity contribution in [2.75, 3.05) is 13.7 Å². The molecule has 3 nitrogen and oxygen atoms in total. The molecule has 0 saturated heterocycles. The number of alkyl halides is 1. The van der Waals surface area contributed by atoms with Crippen LogP contribution in [0.5, 0.6) is 11.6 Å². The predicted molar refractivity (Wildman–Crippen MR) is 65.6 cm³/mol. The maximum atomic E-state index is 13.3. The zero-order chi connectivity index (χ0) is 13.1. The summed E-state index contributed by atoms with van der Waals surface area (Å²) in [6.07, 6.45) is 0. The Labute approximate surface area is 102 Å². The monoisotopic (exact) mass is 241 g/mol. The average molecular weight is 241 g/mol. The van der Waals surface area contributed by atoms with Gasteiger partial charge in [-0.3, -0.25) is 0 Å². The van der Waals surface area contributed by atoms with Crippen molar-refractivity contribution in [2.24, 2.45) is 0 Å². The van der Waals surface area contributed by atoms with Crippen molar-refractivity contribution in [2.45, 2.75) is 39.3 Å². The predicted octanol–water partition coefficient (Wildman–Crippen LogP) is 3.34. The number of hydrogen-bond acceptors (Lipinski definition) is 3. The van der Waals surface area contributed by atoms with Crippen LogP contribution in [0, 0.1) is 0 Å². The van der Waals surface area contributed by atoms with Crippen molar-refractivity contribution in [1.29, 1.82) is 0 Å². The van der Waals surface area contributed by atoms with E-state index in [1.165, 1.54) is 21.0 Å². The SMILES string of the molecule is COc1nc(C(C)C)ccc1OCC(C)(C)F. The van der Waals surface area contributed by atoms with E-state index in [0.717, 1.165) is 5.69 Å². The first-order chi connectivity index (χ1) is 7.83. The van der Waals surface area contributed by atoms with Crippen LogP contribution < -0.4 is 9.47 Å². The van der Waals surface area contributed by atoms with E-state index >= 15 is 0 Å². The Kier molecular flexibility index (Phi) is 4.32. The quantitative estimate of drug-likeness (QED) is 0.792. The first-order valence-electron chi connectivity index (χ1n) is 5.70. The Morgan fingerprint density at radius 1 is 1.35 bits per heavy atom. The van der Waals surface area contributed by atoms with Gasteiger partial charge in [0.05, 0.1) is 7.11 Å². The first kappa shape index (κ1) is 13.7. The summed E-state index contributed by atoms with van der Waals surface area (Å²) >= 11 is 0. The lowest BCUT2D eigenvalue weighted by Gasteiger charge is -2.17. The minimum absolute atomic E-state index is 0.0218. The van der Waals surface area contributed by atoms with E-state index in [-0.39, 0.29) is 6.61 Å². The van der Waals surface area contributed by atoms with E-state index < -0.39 is 5.67 Å². The molecule has 96 valence electrons. The van der Waals surface area contributed by atoms with Gasteiger partial charge in [-0.05, 0) is 31.9 Å². The van der Waals surface area contributed by atoms with Crippen LogP contribution in [0.2, 0.25) is 0 Å². The number of rotatable bonds is 5. The molecule has 1 aromatic heterocycles. The van der Waals surface area contributed by atoms with E-state index in [9.17, 15) is 4.39 Å².